The van der Waals surface area contributed by atoms with E-state index in [9.17, 15) is 13.2 Å². The van der Waals surface area contributed by atoms with Gasteiger partial charge in [0.2, 0.25) is 10.0 Å². The van der Waals surface area contributed by atoms with Gasteiger partial charge < -0.3 is 9.84 Å². The van der Waals surface area contributed by atoms with Gasteiger partial charge in [0, 0.05) is 12.6 Å². The van der Waals surface area contributed by atoms with Crippen LogP contribution in [0.25, 0.3) is 0 Å². The van der Waals surface area contributed by atoms with E-state index >= 15 is 0 Å². The summed E-state index contributed by atoms with van der Waals surface area (Å²) in [5, 5.41) is 9.45. The molecule has 0 bridgehead atoms. The highest BCUT2D eigenvalue weighted by Crippen LogP contribution is 2.37. The fraction of sp³-hybridized carbons (Fsp3) is 0.417. The molecule has 20 heavy (non-hydrogen) atoms. The topological polar surface area (TPSA) is 83.9 Å². The molecule has 0 saturated carbocycles. The van der Waals surface area contributed by atoms with Crippen molar-refractivity contribution in [2.24, 2.45) is 0 Å². The molecule has 1 aliphatic rings. The molecule has 110 valence electrons. The van der Waals surface area contributed by atoms with E-state index in [1.165, 1.54) is 32.2 Å². The molecular formula is C12H14ClNO5S. The van der Waals surface area contributed by atoms with Crippen LogP contribution in [0.15, 0.2) is 23.1 Å². The van der Waals surface area contributed by atoms with E-state index in [1.807, 2.05) is 0 Å². The lowest BCUT2D eigenvalue weighted by atomic mass is 9.90. The standard InChI is InChI=1S/C12H14ClNO5S/c1-12(11(15)16)5-6-14(12)20(17,18)8-3-4-9(13)10(7-8)19-2/h3-4,7H,5-6H2,1-2H3,(H,15,16). The first-order valence-corrected chi connectivity index (χ1v) is 7.65. The maximum atomic E-state index is 12.5. The minimum atomic E-state index is -3.89. The number of rotatable bonds is 4. The summed E-state index contributed by atoms with van der Waals surface area (Å²) in [5.41, 5.74) is -1.40. The lowest BCUT2D eigenvalue weighted by Crippen LogP contribution is -2.64. The molecule has 8 heteroatoms. The van der Waals surface area contributed by atoms with Crippen LogP contribution < -0.4 is 4.74 Å². The average molecular weight is 320 g/mol. The highest BCUT2D eigenvalue weighted by Gasteiger charge is 2.53. The molecular weight excluding hydrogens is 306 g/mol. The second kappa shape index (κ2) is 4.91. The van der Waals surface area contributed by atoms with Crippen molar-refractivity contribution in [3.8, 4) is 5.75 Å². The molecule has 0 aliphatic carbocycles. The van der Waals surface area contributed by atoms with Crippen molar-refractivity contribution >= 4 is 27.6 Å². The van der Waals surface area contributed by atoms with Crippen LogP contribution in [0.1, 0.15) is 13.3 Å². The first kappa shape index (κ1) is 15.1. The van der Waals surface area contributed by atoms with Crippen molar-refractivity contribution in [2.45, 2.75) is 23.8 Å². The molecule has 1 unspecified atom stereocenters. The molecule has 1 atom stereocenters. The Morgan fingerprint density at radius 3 is 2.60 bits per heavy atom. The summed E-state index contributed by atoms with van der Waals surface area (Å²) in [7, 11) is -2.51. The fourth-order valence-corrected chi connectivity index (χ4v) is 4.04. The number of halogens is 1. The summed E-state index contributed by atoms with van der Waals surface area (Å²) in [6.07, 6.45) is 0.284. The van der Waals surface area contributed by atoms with Gasteiger partial charge in [0.15, 0.2) is 0 Å². The molecule has 6 nitrogen and oxygen atoms in total. The number of ether oxygens (including phenoxy) is 1. The average Bonchev–Trinajstić information content (AvgIpc) is 2.36. The van der Waals surface area contributed by atoms with Gasteiger partial charge in [0.1, 0.15) is 11.3 Å². The zero-order valence-electron chi connectivity index (χ0n) is 11.0. The Balaban J connectivity index is 2.44. The van der Waals surface area contributed by atoms with Crippen LogP contribution in [0.5, 0.6) is 5.75 Å². The first-order valence-electron chi connectivity index (χ1n) is 5.83. The Morgan fingerprint density at radius 1 is 1.50 bits per heavy atom. The second-order valence-corrected chi connectivity index (χ2v) is 6.97. The van der Waals surface area contributed by atoms with Crippen molar-refractivity contribution in [2.75, 3.05) is 13.7 Å². The van der Waals surface area contributed by atoms with E-state index in [-0.39, 0.29) is 28.6 Å². The van der Waals surface area contributed by atoms with Crippen LogP contribution in [-0.2, 0) is 14.8 Å². The fourth-order valence-electron chi connectivity index (χ4n) is 2.07. The Bertz CT molecular complexity index is 660. The molecule has 0 aromatic heterocycles. The lowest BCUT2D eigenvalue weighted by molar-refractivity contribution is -0.153. The minimum Gasteiger partial charge on any atom is -0.495 e. The molecule has 2 rings (SSSR count). The molecule has 1 heterocycles. The normalized spacial score (nSPS) is 23.1. The molecule has 0 radical (unpaired) electrons. The number of aliphatic carboxylic acids is 1. The predicted octanol–water partition coefficient (Wildman–Crippen LogP) is 1.59. The number of methoxy groups -OCH3 is 1. The first-order chi connectivity index (χ1) is 9.23. The zero-order valence-corrected chi connectivity index (χ0v) is 12.5. The van der Waals surface area contributed by atoms with Gasteiger partial charge in [0.25, 0.3) is 0 Å². The maximum Gasteiger partial charge on any atom is 0.324 e. The highest BCUT2D eigenvalue weighted by molar-refractivity contribution is 7.89. The Morgan fingerprint density at radius 2 is 2.15 bits per heavy atom. The van der Waals surface area contributed by atoms with E-state index in [0.29, 0.717) is 0 Å². The molecule has 0 amide bonds. The molecule has 0 spiro atoms. The summed E-state index contributed by atoms with van der Waals surface area (Å²) in [5.74, 6) is -0.932. The Hall–Kier alpha value is -1.31. The van der Waals surface area contributed by atoms with Crippen LogP contribution in [-0.4, -0.2) is 43.0 Å². The largest absolute Gasteiger partial charge is 0.495 e. The van der Waals surface area contributed by atoms with Crippen LogP contribution in [0.4, 0.5) is 0 Å². The summed E-state index contributed by atoms with van der Waals surface area (Å²) < 4.78 is 30.9. The van der Waals surface area contributed by atoms with Gasteiger partial charge in [-0.1, -0.05) is 11.6 Å². The van der Waals surface area contributed by atoms with Gasteiger partial charge in [-0.15, -0.1) is 0 Å². The SMILES string of the molecule is COc1cc(S(=O)(=O)N2CCC2(C)C(=O)O)ccc1Cl. The summed E-state index contributed by atoms with van der Waals surface area (Å²) in [4.78, 5) is 11.2. The van der Waals surface area contributed by atoms with Gasteiger partial charge in [0.05, 0.1) is 17.0 Å². The molecule has 1 aromatic carbocycles. The summed E-state index contributed by atoms with van der Waals surface area (Å²) in [6, 6.07) is 4.03. The minimum absolute atomic E-state index is 0.0362. The van der Waals surface area contributed by atoms with Gasteiger partial charge in [-0.25, -0.2) is 8.42 Å². The monoisotopic (exact) mass is 319 g/mol. The van der Waals surface area contributed by atoms with Gasteiger partial charge in [-0.2, -0.15) is 4.31 Å². The van der Waals surface area contributed by atoms with Crippen LogP contribution >= 0.6 is 11.6 Å². The van der Waals surface area contributed by atoms with Crippen molar-refractivity contribution in [1.29, 1.82) is 0 Å². The molecule has 1 aromatic rings. The van der Waals surface area contributed by atoms with Gasteiger partial charge in [-0.05, 0) is 25.5 Å². The molecule has 1 aliphatic heterocycles. The maximum absolute atomic E-state index is 12.5. The molecule has 1 saturated heterocycles. The van der Waals surface area contributed by atoms with Crippen LogP contribution in [0.3, 0.4) is 0 Å². The summed E-state index contributed by atoms with van der Waals surface area (Å²) >= 11 is 5.85. The Kier molecular flexibility index (Phi) is 3.70. The number of hydrogen-bond acceptors (Lipinski definition) is 4. The van der Waals surface area contributed by atoms with Crippen molar-refractivity contribution in [3.05, 3.63) is 23.2 Å². The number of carboxylic acids is 1. The van der Waals surface area contributed by atoms with Crippen LogP contribution in [0.2, 0.25) is 5.02 Å². The smallest absolute Gasteiger partial charge is 0.324 e. The molecule has 1 fully saturated rings. The second-order valence-electron chi connectivity index (χ2n) is 4.70. The number of carboxylic acid groups (broad SMARTS) is 1. The third kappa shape index (κ3) is 2.15. The third-order valence-corrected chi connectivity index (χ3v) is 5.85. The van der Waals surface area contributed by atoms with Crippen molar-refractivity contribution in [1.82, 2.24) is 4.31 Å². The van der Waals surface area contributed by atoms with Gasteiger partial charge in [-0.3, -0.25) is 4.79 Å². The number of hydrogen-bond donors (Lipinski definition) is 1. The van der Waals surface area contributed by atoms with Crippen LogP contribution in [0, 0.1) is 0 Å². The van der Waals surface area contributed by atoms with Gasteiger partial charge >= 0.3 is 5.97 Å². The predicted molar refractivity (Wildman–Crippen MR) is 72.6 cm³/mol. The zero-order chi connectivity index (χ0) is 15.1. The summed E-state index contributed by atoms with van der Waals surface area (Å²) in [6.45, 7) is 1.57. The number of nitrogens with zero attached hydrogens (tertiary/aromatic N) is 1. The van der Waals surface area contributed by atoms with E-state index in [4.69, 9.17) is 21.4 Å². The van der Waals surface area contributed by atoms with Crippen molar-refractivity contribution < 1.29 is 23.1 Å². The van der Waals surface area contributed by atoms with E-state index in [1.54, 1.807) is 0 Å². The molecule has 1 N–H and O–H groups in total. The van der Waals surface area contributed by atoms with E-state index < -0.39 is 21.5 Å². The number of benzene rings is 1. The van der Waals surface area contributed by atoms with E-state index in [2.05, 4.69) is 0 Å². The third-order valence-electron chi connectivity index (χ3n) is 3.52. The van der Waals surface area contributed by atoms with Crippen molar-refractivity contribution in [3.63, 3.8) is 0 Å². The highest BCUT2D eigenvalue weighted by atomic mass is 35.5. The van der Waals surface area contributed by atoms with E-state index in [0.717, 1.165) is 4.31 Å². The number of carbonyl (C=O) groups is 1. The quantitative estimate of drug-likeness (QED) is 0.911. The lowest BCUT2D eigenvalue weighted by Gasteiger charge is -2.45. The Labute approximate surface area is 122 Å². The number of sulfonamides is 1.